The molecule has 1 unspecified atom stereocenters. The van der Waals surface area contributed by atoms with Crippen LogP contribution in [0.3, 0.4) is 0 Å². The average Bonchev–Trinajstić information content (AvgIpc) is 3.32. The molecule has 0 radical (unpaired) electrons. The number of anilines is 1. The van der Waals surface area contributed by atoms with Crippen molar-refractivity contribution in [3.8, 4) is 16.9 Å². The summed E-state index contributed by atoms with van der Waals surface area (Å²) >= 11 is 1.27. The highest BCUT2D eigenvalue weighted by molar-refractivity contribution is 8.00. The smallest absolute Gasteiger partial charge is 0.242 e. The second kappa shape index (κ2) is 12.0. The predicted octanol–water partition coefficient (Wildman–Crippen LogP) is 6.86. The van der Waals surface area contributed by atoms with Crippen LogP contribution in [0, 0.1) is 31.4 Å². The molecule has 6 rings (SSSR count). The number of halogens is 2. The number of nitrogens with zero attached hydrogens (tertiary/aromatic N) is 4. The Morgan fingerprint density at radius 3 is 2.47 bits per heavy atom. The zero-order chi connectivity index (χ0) is 30.2. The second-order valence-electron chi connectivity index (χ2n) is 11.5. The van der Waals surface area contributed by atoms with Crippen LogP contribution in [0.1, 0.15) is 47.3 Å². The number of rotatable bonds is 5. The van der Waals surface area contributed by atoms with Crippen LogP contribution < -0.4 is 4.90 Å². The largest absolute Gasteiger partial charge is 0.341 e. The SMILES string of the molecule is Cc1cccc(-n2nc(-c3ccccc3)c3c2N(CC(=O)N2CCC(C)CC2)C(=O)CSC3c2ccc(F)cc2F)c1C. The molecular weight excluding hydrogens is 566 g/mol. The number of hydrogen-bond donors (Lipinski definition) is 0. The average molecular weight is 601 g/mol. The molecule has 0 spiro atoms. The molecule has 0 saturated carbocycles. The highest BCUT2D eigenvalue weighted by atomic mass is 32.2. The first-order valence-electron chi connectivity index (χ1n) is 14.6. The summed E-state index contributed by atoms with van der Waals surface area (Å²) in [4.78, 5) is 31.1. The summed E-state index contributed by atoms with van der Waals surface area (Å²) in [5, 5.41) is 4.42. The maximum atomic E-state index is 15.5. The van der Waals surface area contributed by atoms with Gasteiger partial charge in [-0.2, -0.15) is 5.10 Å². The zero-order valence-corrected chi connectivity index (χ0v) is 25.3. The van der Waals surface area contributed by atoms with E-state index < -0.39 is 16.9 Å². The van der Waals surface area contributed by atoms with E-state index in [1.165, 1.54) is 28.8 Å². The van der Waals surface area contributed by atoms with Crippen LogP contribution in [-0.2, 0) is 9.59 Å². The van der Waals surface area contributed by atoms with Crippen molar-refractivity contribution in [2.24, 2.45) is 5.92 Å². The summed E-state index contributed by atoms with van der Waals surface area (Å²) < 4.78 is 31.3. The number of piperidine rings is 1. The third-order valence-electron chi connectivity index (χ3n) is 8.62. The van der Waals surface area contributed by atoms with E-state index in [1.54, 1.807) is 4.68 Å². The van der Waals surface area contributed by atoms with Crippen molar-refractivity contribution in [3.63, 3.8) is 0 Å². The third kappa shape index (κ3) is 5.58. The molecule has 1 aromatic heterocycles. The Morgan fingerprint density at radius 2 is 1.74 bits per heavy atom. The number of benzene rings is 3. The Hall–Kier alpha value is -3.98. The second-order valence-corrected chi connectivity index (χ2v) is 12.6. The molecule has 1 fully saturated rings. The molecule has 43 heavy (non-hydrogen) atoms. The van der Waals surface area contributed by atoms with Gasteiger partial charge in [-0.25, -0.2) is 13.5 Å². The molecule has 0 N–H and O–H groups in total. The van der Waals surface area contributed by atoms with E-state index in [0.717, 1.165) is 41.3 Å². The lowest BCUT2D eigenvalue weighted by Crippen LogP contribution is -2.46. The zero-order valence-electron chi connectivity index (χ0n) is 24.5. The molecule has 0 bridgehead atoms. The Balaban J connectivity index is 1.60. The van der Waals surface area contributed by atoms with Crippen molar-refractivity contribution in [2.75, 3.05) is 30.3 Å². The highest BCUT2D eigenvalue weighted by Gasteiger charge is 2.39. The Bertz CT molecular complexity index is 1680. The number of amides is 2. The lowest BCUT2D eigenvalue weighted by atomic mass is 9.98. The van der Waals surface area contributed by atoms with Crippen LogP contribution in [0.5, 0.6) is 0 Å². The van der Waals surface area contributed by atoms with E-state index >= 15 is 4.39 Å². The van der Waals surface area contributed by atoms with Gasteiger partial charge in [0.1, 0.15) is 24.0 Å². The van der Waals surface area contributed by atoms with Crippen LogP contribution in [0.4, 0.5) is 14.6 Å². The van der Waals surface area contributed by atoms with Gasteiger partial charge in [-0.3, -0.25) is 14.5 Å². The first-order valence-corrected chi connectivity index (χ1v) is 15.7. The van der Waals surface area contributed by atoms with Crippen LogP contribution in [0.2, 0.25) is 0 Å². The molecule has 4 aromatic rings. The van der Waals surface area contributed by atoms with Crippen molar-refractivity contribution >= 4 is 29.4 Å². The number of carbonyl (C=O) groups is 2. The molecule has 9 heteroatoms. The van der Waals surface area contributed by atoms with E-state index in [2.05, 4.69) is 6.92 Å². The van der Waals surface area contributed by atoms with E-state index in [9.17, 15) is 14.0 Å². The molecule has 1 saturated heterocycles. The van der Waals surface area contributed by atoms with Crippen LogP contribution in [-0.4, -0.2) is 51.9 Å². The van der Waals surface area contributed by atoms with E-state index in [-0.39, 0.29) is 29.7 Å². The number of aromatic nitrogens is 2. The molecule has 2 aliphatic rings. The lowest BCUT2D eigenvalue weighted by Gasteiger charge is -2.32. The topological polar surface area (TPSA) is 58.4 Å². The van der Waals surface area contributed by atoms with Crippen molar-refractivity contribution < 1.29 is 18.4 Å². The molecule has 1 atom stereocenters. The van der Waals surface area contributed by atoms with Gasteiger partial charge in [-0.05, 0) is 55.9 Å². The van der Waals surface area contributed by atoms with Gasteiger partial charge in [0.25, 0.3) is 0 Å². The minimum absolute atomic E-state index is 0.0154. The molecule has 2 amide bonds. The van der Waals surface area contributed by atoms with Gasteiger partial charge >= 0.3 is 0 Å². The number of likely N-dealkylation sites (tertiary alicyclic amines) is 1. The first kappa shape index (κ1) is 29.1. The number of carbonyl (C=O) groups excluding carboxylic acids is 2. The third-order valence-corrected chi connectivity index (χ3v) is 9.85. The summed E-state index contributed by atoms with van der Waals surface area (Å²) in [6, 6.07) is 19.0. The summed E-state index contributed by atoms with van der Waals surface area (Å²) in [7, 11) is 0. The fourth-order valence-electron chi connectivity index (χ4n) is 5.91. The fraction of sp³-hybridized carbons (Fsp3) is 0.324. The molecule has 3 aromatic carbocycles. The van der Waals surface area contributed by atoms with Gasteiger partial charge in [0.15, 0.2) is 0 Å². The molecule has 2 aliphatic heterocycles. The number of fused-ring (bicyclic) bond motifs is 1. The Kier molecular flexibility index (Phi) is 8.09. The highest BCUT2D eigenvalue weighted by Crippen LogP contribution is 2.49. The van der Waals surface area contributed by atoms with Gasteiger partial charge < -0.3 is 4.90 Å². The maximum Gasteiger partial charge on any atom is 0.242 e. The number of aryl methyl sites for hydroxylation is 1. The van der Waals surface area contributed by atoms with Gasteiger partial charge in [-0.15, -0.1) is 11.8 Å². The normalized spacial score (nSPS) is 17.6. The van der Waals surface area contributed by atoms with Crippen molar-refractivity contribution in [1.29, 1.82) is 0 Å². The van der Waals surface area contributed by atoms with E-state index in [0.29, 0.717) is 36.1 Å². The minimum atomic E-state index is -0.693. The van der Waals surface area contributed by atoms with E-state index in [1.807, 2.05) is 67.3 Å². The summed E-state index contributed by atoms with van der Waals surface area (Å²) in [5.74, 6) is -0.748. The first-order chi connectivity index (χ1) is 20.7. The standard InChI is InChI=1S/C34H34F2N4O2S/c1-21-14-16-38(17-15-21)29(41)19-39-30(42)20-43-33(26-13-12-25(35)18-27(26)36)31-32(24-9-5-4-6-10-24)37-40(34(31)39)28-11-7-8-22(2)23(28)3/h4-13,18,21,33H,14-17,19-20H2,1-3H3. The Morgan fingerprint density at radius 1 is 1.00 bits per heavy atom. The molecule has 6 nitrogen and oxygen atoms in total. The minimum Gasteiger partial charge on any atom is -0.341 e. The summed E-state index contributed by atoms with van der Waals surface area (Å²) in [5.41, 5.74) is 5.03. The molecule has 0 aliphatic carbocycles. The monoisotopic (exact) mass is 600 g/mol. The lowest BCUT2D eigenvalue weighted by molar-refractivity contribution is -0.132. The van der Waals surface area contributed by atoms with Gasteiger partial charge in [-0.1, -0.05) is 55.5 Å². The van der Waals surface area contributed by atoms with E-state index in [4.69, 9.17) is 5.10 Å². The molecule has 3 heterocycles. The van der Waals surface area contributed by atoms with Gasteiger partial charge in [0, 0.05) is 35.8 Å². The van der Waals surface area contributed by atoms with Gasteiger partial charge in [0.05, 0.1) is 22.4 Å². The summed E-state index contributed by atoms with van der Waals surface area (Å²) in [6.07, 6.45) is 1.84. The Labute approximate surface area is 254 Å². The quantitative estimate of drug-likeness (QED) is 0.251. The van der Waals surface area contributed by atoms with Gasteiger partial charge in [0.2, 0.25) is 11.8 Å². The maximum absolute atomic E-state index is 15.5. The van der Waals surface area contributed by atoms with Crippen LogP contribution in [0.25, 0.3) is 16.9 Å². The van der Waals surface area contributed by atoms with Crippen LogP contribution >= 0.6 is 11.8 Å². The predicted molar refractivity (Wildman–Crippen MR) is 166 cm³/mol. The fourth-order valence-corrected chi connectivity index (χ4v) is 7.13. The van der Waals surface area contributed by atoms with Crippen LogP contribution in [0.15, 0.2) is 66.7 Å². The number of thioether (sulfide) groups is 1. The number of hydrogen-bond acceptors (Lipinski definition) is 4. The van der Waals surface area contributed by atoms with Crippen molar-refractivity contribution in [1.82, 2.24) is 14.7 Å². The van der Waals surface area contributed by atoms with Crippen molar-refractivity contribution in [2.45, 2.75) is 38.9 Å². The molecule has 222 valence electrons. The molecular formula is C34H34F2N4O2S. The van der Waals surface area contributed by atoms with Crippen molar-refractivity contribution in [3.05, 3.63) is 101 Å². The summed E-state index contributed by atoms with van der Waals surface area (Å²) in [6.45, 7) is 7.35.